The number of carbonyl (C=O) groups excluding carboxylic acids is 3. The van der Waals surface area contributed by atoms with E-state index < -0.39 is 18.2 Å². The number of aromatic nitrogens is 3. The third kappa shape index (κ3) is 5.53. The second-order valence-electron chi connectivity index (χ2n) is 8.47. The summed E-state index contributed by atoms with van der Waals surface area (Å²) >= 11 is 0. The van der Waals surface area contributed by atoms with Gasteiger partial charge in [0, 0.05) is 32.1 Å². The summed E-state index contributed by atoms with van der Waals surface area (Å²) in [6.45, 7) is 1.60. The fourth-order valence-electron chi connectivity index (χ4n) is 3.85. The van der Waals surface area contributed by atoms with E-state index in [0.29, 0.717) is 22.8 Å². The molecule has 3 amide bonds. The van der Waals surface area contributed by atoms with Gasteiger partial charge in [-0.2, -0.15) is 5.10 Å². The number of nitrogens with zero attached hydrogens (tertiary/aromatic N) is 3. The number of fused-ring (bicyclic) bond motifs is 2. The van der Waals surface area contributed by atoms with Crippen LogP contribution >= 0.6 is 0 Å². The number of amides is 3. The monoisotopic (exact) mass is 518 g/mol. The van der Waals surface area contributed by atoms with E-state index in [0.717, 1.165) is 11.1 Å². The summed E-state index contributed by atoms with van der Waals surface area (Å²) in [5.74, 6) is -0.259. The van der Waals surface area contributed by atoms with Crippen molar-refractivity contribution in [1.29, 1.82) is 0 Å². The van der Waals surface area contributed by atoms with E-state index in [1.165, 1.54) is 23.7 Å². The van der Waals surface area contributed by atoms with Gasteiger partial charge in [0.2, 0.25) is 6.36 Å². The number of hydrogen-bond donors (Lipinski definition) is 3. The Morgan fingerprint density at radius 3 is 2.61 bits per heavy atom. The van der Waals surface area contributed by atoms with Crippen molar-refractivity contribution in [3.63, 3.8) is 0 Å². The third-order valence-electron chi connectivity index (χ3n) is 5.63. The van der Waals surface area contributed by atoms with Crippen molar-refractivity contribution < 1.29 is 28.2 Å². The molecule has 5 rings (SSSR count). The van der Waals surface area contributed by atoms with Crippen LogP contribution in [0, 0.1) is 0 Å². The molecular weight excluding hydrogens is 495 g/mol. The zero-order valence-electron chi connectivity index (χ0n) is 20.2. The van der Waals surface area contributed by atoms with Crippen LogP contribution < -0.4 is 25.4 Å². The first-order valence-electron chi connectivity index (χ1n) is 11.7. The van der Waals surface area contributed by atoms with E-state index >= 15 is 0 Å². The van der Waals surface area contributed by atoms with Crippen LogP contribution in [0.15, 0.2) is 60.8 Å². The first-order valence-corrected chi connectivity index (χ1v) is 11.7. The zero-order chi connectivity index (χ0) is 26.6. The molecule has 2 aromatic carbocycles. The molecular formula is C26H23FN6O5. The molecule has 1 atom stereocenters. The van der Waals surface area contributed by atoms with E-state index in [2.05, 4.69) is 26.0 Å². The molecule has 0 fully saturated rings. The summed E-state index contributed by atoms with van der Waals surface area (Å²) in [7, 11) is 0. The summed E-state index contributed by atoms with van der Waals surface area (Å²) in [5.41, 5.74) is 2.55. The van der Waals surface area contributed by atoms with Gasteiger partial charge in [0.1, 0.15) is 22.9 Å². The van der Waals surface area contributed by atoms with Crippen LogP contribution in [0.4, 0.5) is 10.1 Å². The predicted molar refractivity (Wildman–Crippen MR) is 134 cm³/mol. The molecule has 0 radical (unpaired) electrons. The molecule has 194 valence electrons. The molecule has 0 bridgehead atoms. The Morgan fingerprint density at radius 1 is 1.08 bits per heavy atom. The highest BCUT2D eigenvalue weighted by molar-refractivity contribution is 5.98. The fourth-order valence-corrected chi connectivity index (χ4v) is 3.85. The van der Waals surface area contributed by atoms with E-state index in [4.69, 9.17) is 9.47 Å². The Balaban J connectivity index is 1.27. The first kappa shape index (κ1) is 24.7. The van der Waals surface area contributed by atoms with E-state index in [9.17, 15) is 18.8 Å². The Bertz CT molecular complexity index is 1520. The number of nitrogens with one attached hydrogen (secondary N) is 3. The number of anilines is 1. The van der Waals surface area contributed by atoms with Crippen LogP contribution in [0.1, 0.15) is 39.0 Å². The Labute approximate surface area is 216 Å². The number of benzene rings is 2. The standard InChI is InChI=1S/C26H23FN6O5/c1-15(27)38-18-5-2-16(3-6-18)12-29-26(36)21-11-20(31-23-8-9-30-33(21)23)25(35)28-13-17-4-7-22-19(10-17)32-24(34)14-37-22/h2-11,15H,12-14H2,1H3,(H,28,35)(H,29,36)(H,32,34). The molecule has 11 nitrogen and oxygen atoms in total. The van der Waals surface area contributed by atoms with Gasteiger partial charge in [0.05, 0.1) is 11.9 Å². The van der Waals surface area contributed by atoms with Crippen molar-refractivity contribution in [2.45, 2.75) is 26.4 Å². The normalized spacial score (nSPS) is 13.2. The maximum absolute atomic E-state index is 13.0. The van der Waals surface area contributed by atoms with Gasteiger partial charge in [0.15, 0.2) is 12.3 Å². The molecule has 1 aliphatic heterocycles. The molecule has 12 heteroatoms. The predicted octanol–water partition coefficient (Wildman–Crippen LogP) is 2.61. The van der Waals surface area contributed by atoms with Crippen molar-refractivity contribution in [2.24, 2.45) is 0 Å². The second kappa shape index (κ2) is 10.5. The van der Waals surface area contributed by atoms with Crippen LogP contribution in [0.5, 0.6) is 11.5 Å². The highest BCUT2D eigenvalue weighted by Crippen LogP contribution is 2.28. The van der Waals surface area contributed by atoms with Crippen LogP contribution in [0.2, 0.25) is 0 Å². The minimum Gasteiger partial charge on any atom is -0.482 e. The average molecular weight is 519 g/mol. The molecule has 1 unspecified atom stereocenters. The van der Waals surface area contributed by atoms with Crippen molar-refractivity contribution in [3.05, 3.63) is 83.3 Å². The SMILES string of the molecule is CC(F)Oc1ccc(CNC(=O)c2cc(C(=O)NCc3ccc4c(c3)NC(=O)CO4)nc3ccnn23)cc1. The van der Waals surface area contributed by atoms with Gasteiger partial charge >= 0.3 is 0 Å². The summed E-state index contributed by atoms with van der Waals surface area (Å²) in [6, 6.07) is 14.8. The van der Waals surface area contributed by atoms with Gasteiger partial charge in [-0.25, -0.2) is 13.9 Å². The van der Waals surface area contributed by atoms with Crippen molar-refractivity contribution in [2.75, 3.05) is 11.9 Å². The molecule has 2 aromatic heterocycles. The van der Waals surface area contributed by atoms with Crippen LogP contribution in [0.25, 0.3) is 5.65 Å². The molecule has 3 N–H and O–H groups in total. The van der Waals surface area contributed by atoms with E-state index in [-0.39, 0.29) is 37.0 Å². The largest absolute Gasteiger partial charge is 0.482 e. The quantitative estimate of drug-likeness (QED) is 0.326. The maximum atomic E-state index is 13.0. The molecule has 0 saturated heterocycles. The molecule has 0 saturated carbocycles. The number of halogens is 1. The van der Waals surface area contributed by atoms with Gasteiger partial charge in [-0.1, -0.05) is 18.2 Å². The molecule has 0 spiro atoms. The topological polar surface area (TPSA) is 136 Å². The lowest BCUT2D eigenvalue weighted by molar-refractivity contribution is -0.118. The second-order valence-corrected chi connectivity index (χ2v) is 8.47. The molecule has 4 aromatic rings. The summed E-state index contributed by atoms with van der Waals surface area (Å²) in [4.78, 5) is 41.8. The number of ether oxygens (including phenoxy) is 2. The Hall–Kier alpha value is -5.00. The third-order valence-corrected chi connectivity index (χ3v) is 5.63. The van der Waals surface area contributed by atoms with Gasteiger partial charge in [-0.3, -0.25) is 14.4 Å². The van der Waals surface area contributed by atoms with Crippen molar-refractivity contribution in [3.8, 4) is 11.5 Å². The van der Waals surface area contributed by atoms with Gasteiger partial charge < -0.3 is 25.4 Å². The summed E-state index contributed by atoms with van der Waals surface area (Å²) in [5, 5.41) is 12.4. The van der Waals surface area contributed by atoms with Gasteiger partial charge in [0.25, 0.3) is 17.7 Å². The lowest BCUT2D eigenvalue weighted by Gasteiger charge is -2.18. The summed E-state index contributed by atoms with van der Waals surface area (Å²) in [6.07, 6.45) is 0.0555. The average Bonchev–Trinajstić information content (AvgIpc) is 3.39. The number of carbonyl (C=O) groups is 3. The van der Waals surface area contributed by atoms with Gasteiger partial charge in [-0.15, -0.1) is 0 Å². The summed E-state index contributed by atoms with van der Waals surface area (Å²) < 4.78 is 24.7. The van der Waals surface area contributed by atoms with Gasteiger partial charge in [-0.05, 0) is 35.4 Å². The van der Waals surface area contributed by atoms with Crippen molar-refractivity contribution in [1.82, 2.24) is 25.2 Å². The molecule has 3 heterocycles. The molecule has 0 aliphatic carbocycles. The Morgan fingerprint density at radius 2 is 1.82 bits per heavy atom. The lowest BCUT2D eigenvalue weighted by atomic mass is 10.1. The van der Waals surface area contributed by atoms with Crippen LogP contribution in [-0.4, -0.2) is 45.3 Å². The lowest BCUT2D eigenvalue weighted by Crippen LogP contribution is -2.28. The zero-order valence-corrected chi connectivity index (χ0v) is 20.2. The van der Waals surface area contributed by atoms with E-state index in [1.807, 2.05) is 0 Å². The smallest absolute Gasteiger partial charge is 0.270 e. The highest BCUT2D eigenvalue weighted by atomic mass is 19.1. The first-order chi connectivity index (χ1) is 18.4. The van der Waals surface area contributed by atoms with Crippen LogP contribution in [0.3, 0.4) is 0 Å². The minimum absolute atomic E-state index is 0.0389. The molecule has 38 heavy (non-hydrogen) atoms. The number of alkyl halides is 1. The number of hydrogen-bond acceptors (Lipinski definition) is 7. The molecule has 1 aliphatic rings. The Kier molecular flexibility index (Phi) is 6.85. The minimum atomic E-state index is -1.43. The van der Waals surface area contributed by atoms with Crippen LogP contribution in [-0.2, 0) is 17.9 Å². The van der Waals surface area contributed by atoms with Crippen molar-refractivity contribution >= 4 is 29.1 Å². The maximum Gasteiger partial charge on any atom is 0.270 e. The number of rotatable bonds is 8. The van der Waals surface area contributed by atoms with E-state index in [1.54, 1.807) is 48.5 Å². The highest BCUT2D eigenvalue weighted by Gasteiger charge is 2.19. The fraction of sp³-hybridized carbons (Fsp3) is 0.192.